The highest BCUT2D eigenvalue weighted by Gasteiger charge is 2.37. The lowest BCUT2D eigenvalue weighted by molar-refractivity contribution is 0.0894. The molecule has 2 aliphatic carbocycles. The van der Waals surface area contributed by atoms with Crippen LogP contribution in [0.25, 0.3) is 10.9 Å². The van der Waals surface area contributed by atoms with E-state index in [1.165, 1.54) is 32.2 Å². The van der Waals surface area contributed by atoms with E-state index in [9.17, 15) is 9.18 Å². The maximum atomic E-state index is 14.1. The summed E-state index contributed by atoms with van der Waals surface area (Å²) < 4.78 is 16.3. The minimum absolute atomic E-state index is 0.0732. The van der Waals surface area contributed by atoms with Crippen LogP contribution in [0.15, 0.2) is 24.4 Å². The molecule has 3 aliphatic rings. The summed E-state index contributed by atoms with van der Waals surface area (Å²) in [4.78, 5) is 15.8. The van der Waals surface area contributed by atoms with Gasteiger partial charge in [-0.05, 0) is 82.9 Å². The van der Waals surface area contributed by atoms with Gasteiger partial charge in [0.2, 0.25) is 0 Å². The van der Waals surface area contributed by atoms with Crippen LogP contribution in [-0.2, 0) is 6.54 Å². The molecule has 1 N–H and O–H groups in total. The number of hydrogen-bond donors (Lipinski definition) is 1. The van der Waals surface area contributed by atoms with E-state index in [1.54, 1.807) is 6.92 Å². The summed E-state index contributed by atoms with van der Waals surface area (Å²) in [6, 6.07) is 7.20. The lowest BCUT2D eigenvalue weighted by Gasteiger charge is -2.31. The van der Waals surface area contributed by atoms with Crippen molar-refractivity contribution >= 4 is 28.4 Å². The van der Waals surface area contributed by atoms with Crippen molar-refractivity contribution in [2.45, 2.75) is 82.6 Å². The first-order chi connectivity index (χ1) is 14.9. The van der Waals surface area contributed by atoms with Gasteiger partial charge in [0.05, 0.1) is 16.1 Å². The number of aromatic nitrogens is 1. The summed E-state index contributed by atoms with van der Waals surface area (Å²) in [6.45, 7) is 4.39. The number of carbonyl (C=O) groups is 1. The van der Waals surface area contributed by atoms with Gasteiger partial charge in [-0.3, -0.25) is 9.69 Å². The minimum atomic E-state index is -1.05. The van der Waals surface area contributed by atoms with Gasteiger partial charge < -0.3 is 9.88 Å². The molecular weight excluding hydrogens is 413 g/mol. The second-order valence-corrected chi connectivity index (χ2v) is 10.6. The Hall–Kier alpha value is -1.59. The molecule has 4 nitrogen and oxygen atoms in total. The van der Waals surface area contributed by atoms with Crippen molar-refractivity contribution in [3.63, 3.8) is 0 Å². The van der Waals surface area contributed by atoms with Gasteiger partial charge in [-0.25, -0.2) is 4.39 Å². The van der Waals surface area contributed by atoms with Crippen molar-refractivity contribution in [3.8, 4) is 0 Å². The van der Waals surface area contributed by atoms with Crippen LogP contribution in [0, 0.1) is 5.92 Å². The number of fused-ring (bicyclic) bond motifs is 1. The summed E-state index contributed by atoms with van der Waals surface area (Å²) in [7, 11) is 0. The number of nitrogens with one attached hydrogen (secondary N) is 1. The predicted molar refractivity (Wildman–Crippen MR) is 124 cm³/mol. The molecule has 5 rings (SSSR count). The molecular formula is C25H33ClFN3O. The van der Waals surface area contributed by atoms with Crippen LogP contribution in [0.3, 0.4) is 0 Å². The Morgan fingerprint density at radius 2 is 2.00 bits per heavy atom. The largest absolute Gasteiger partial charge is 0.352 e. The zero-order valence-electron chi connectivity index (χ0n) is 18.4. The van der Waals surface area contributed by atoms with E-state index in [0.717, 1.165) is 36.3 Å². The van der Waals surface area contributed by atoms with E-state index in [2.05, 4.69) is 20.9 Å². The molecule has 0 radical (unpaired) electrons. The molecule has 1 atom stereocenters. The first kappa shape index (κ1) is 21.3. The van der Waals surface area contributed by atoms with Crippen LogP contribution < -0.4 is 5.32 Å². The molecule has 1 aliphatic heterocycles. The Morgan fingerprint density at radius 3 is 2.74 bits per heavy atom. The van der Waals surface area contributed by atoms with Crippen molar-refractivity contribution in [2.75, 3.05) is 13.1 Å². The topological polar surface area (TPSA) is 37.3 Å². The minimum Gasteiger partial charge on any atom is -0.352 e. The number of benzene rings is 1. The van der Waals surface area contributed by atoms with Gasteiger partial charge in [0, 0.05) is 36.8 Å². The van der Waals surface area contributed by atoms with E-state index >= 15 is 0 Å². The fourth-order valence-electron chi connectivity index (χ4n) is 5.62. The van der Waals surface area contributed by atoms with E-state index in [4.69, 9.17) is 11.6 Å². The number of nitrogens with zero attached hydrogens (tertiary/aromatic N) is 2. The van der Waals surface area contributed by atoms with Crippen LogP contribution in [0.1, 0.15) is 68.6 Å². The third-order valence-electron chi connectivity index (χ3n) is 7.64. The molecule has 2 saturated carbocycles. The van der Waals surface area contributed by atoms with Crippen LogP contribution in [0.5, 0.6) is 0 Å². The van der Waals surface area contributed by atoms with Crippen molar-refractivity contribution < 1.29 is 9.18 Å². The van der Waals surface area contributed by atoms with E-state index in [0.29, 0.717) is 41.9 Å². The lowest BCUT2D eigenvalue weighted by Crippen LogP contribution is -2.35. The van der Waals surface area contributed by atoms with Crippen LogP contribution in [0.2, 0.25) is 5.02 Å². The maximum Gasteiger partial charge on any atom is 0.253 e. The number of alkyl halides is 1. The van der Waals surface area contributed by atoms with Crippen molar-refractivity contribution in [1.82, 2.24) is 14.8 Å². The van der Waals surface area contributed by atoms with Crippen LogP contribution in [-0.4, -0.2) is 46.2 Å². The van der Waals surface area contributed by atoms with E-state index in [-0.39, 0.29) is 5.91 Å². The highest BCUT2D eigenvalue weighted by atomic mass is 35.5. The molecule has 1 saturated heterocycles. The SMILES string of the molecule is CC1(F)CCC(CNC(=O)c2cn(CC3CCCN3C3CC3)c3cccc(Cl)c23)CC1. The monoisotopic (exact) mass is 445 g/mol. The number of halogens is 2. The normalized spacial score (nSPS) is 29.5. The second-order valence-electron chi connectivity index (χ2n) is 10.2. The zero-order valence-corrected chi connectivity index (χ0v) is 19.1. The molecule has 6 heteroatoms. The second kappa shape index (κ2) is 8.40. The zero-order chi connectivity index (χ0) is 21.6. The van der Waals surface area contributed by atoms with Crippen molar-refractivity contribution in [2.24, 2.45) is 5.92 Å². The smallest absolute Gasteiger partial charge is 0.253 e. The van der Waals surface area contributed by atoms with Gasteiger partial charge in [-0.2, -0.15) is 0 Å². The Kier molecular flexibility index (Phi) is 5.76. The van der Waals surface area contributed by atoms with Crippen LogP contribution in [0.4, 0.5) is 4.39 Å². The molecule has 1 unspecified atom stereocenters. The van der Waals surface area contributed by atoms with Crippen molar-refractivity contribution in [1.29, 1.82) is 0 Å². The highest BCUT2D eigenvalue weighted by molar-refractivity contribution is 6.36. The molecule has 31 heavy (non-hydrogen) atoms. The Morgan fingerprint density at radius 1 is 1.23 bits per heavy atom. The number of carbonyl (C=O) groups excluding carboxylic acids is 1. The fraction of sp³-hybridized carbons (Fsp3) is 0.640. The summed E-state index contributed by atoms with van der Waals surface area (Å²) in [5.74, 6) is 0.276. The van der Waals surface area contributed by atoms with Crippen molar-refractivity contribution in [3.05, 3.63) is 35.0 Å². The first-order valence-corrected chi connectivity index (χ1v) is 12.3. The lowest BCUT2D eigenvalue weighted by atomic mass is 9.81. The molecule has 3 fully saturated rings. The third kappa shape index (κ3) is 4.49. The molecule has 1 aromatic heterocycles. The predicted octanol–water partition coefficient (Wildman–Crippen LogP) is 5.57. The van der Waals surface area contributed by atoms with Gasteiger partial charge in [0.25, 0.3) is 5.91 Å². The first-order valence-electron chi connectivity index (χ1n) is 11.9. The van der Waals surface area contributed by atoms with E-state index in [1.807, 2.05) is 18.3 Å². The van der Waals surface area contributed by atoms with Gasteiger partial charge >= 0.3 is 0 Å². The van der Waals surface area contributed by atoms with Gasteiger partial charge in [0.1, 0.15) is 5.67 Å². The summed E-state index contributed by atoms with van der Waals surface area (Å²) in [5.41, 5.74) is 0.643. The Balaban J connectivity index is 1.33. The average molecular weight is 446 g/mol. The molecule has 1 amide bonds. The van der Waals surface area contributed by atoms with E-state index < -0.39 is 5.67 Å². The maximum absolute atomic E-state index is 14.1. The number of amides is 1. The standard InChI is InChI=1S/C25H33ClFN3O/c1-25(27)11-9-17(10-12-25)14-28-24(31)20-16-29(22-6-2-5-21(26)23(20)22)15-19-4-3-13-30(19)18-7-8-18/h2,5-6,16-19H,3-4,7-15H2,1H3,(H,28,31). The van der Waals surface area contributed by atoms with Gasteiger partial charge in [-0.1, -0.05) is 17.7 Å². The number of hydrogen-bond acceptors (Lipinski definition) is 2. The Bertz CT molecular complexity index is 957. The average Bonchev–Trinajstić information content (AvgIpc) is 3.37. The van der Waals surface area contributed by atoms with Gasteiger partial charge in [0.15, 0.2) is 0 Å². The molecule has 0 spiro atoms. The number of likely N-dealkylation sites (tertiary alicyclic amines) is 1. The summed E-state index contributed by atoms with van der Waals surface area (Å²) >= 11 is 6.56. The quantitative estimate of drug-likeness (QED) is 0.631. The van der Waals surface area contributed by atoms with Gasteiger partial charge in [-0.15, -0.1) is 0 Å². The molecule has 2 heterocycles. The third-order valence-corrected chi connectivity index (χ3v) is 7.96. The number of rotatable bonds is 6. The molecule has 168 valence electrons. The molecule has 0 bridgehead atoms. The summed E-state index contributed by atoms with van der Waals surface area (Å²) in [6.07, 6.45) is 9.93. The molecule has 2 aromatic rings. The molecule has 1 aromatic carbocycles. The summed E-state index contributed by atoms with van der Waals surface area (Å²) in [5, 5.41) is 4.58. The Labute approximate surface area is 189 Å². The highest BCUT2D eigenvalue weighted by Crippen LogP contribution is 2.36. The fourth-order valence-corrected chi connectivity index (χ4v) is 5.89. The van der Waals surface area contributed by atoms with Crippen LogP contribution >= 0.6 is 11.6 Å².